The molecule has 0 spiro atoms. The van der Waals surface area contributed by atoms with E-state index in [9.17, 15) is 0 Å². The van der Waals surface area contributed by atoms with Crippen LogP contribution in [0.4, 0.5) is 17.1 Å². The van der Waals surface area contributed by atoms with Crippen LogP contribution >= 0.6 is 0 Å². The number of aryl methyl sites for hydroxylation is 5. The zero-order chi connectivity index (χ0) is 33.7. The number of allylic oxidation sites excluding steroid dienone is 1. The van der Waals surface area contributed by atoms with Gasteiger partial charge in [-0.2, -0.15) is 0 Å². The molecule has 5 aliphatic rings. The first-order chi connectivity index (χ1) is 24.3. The van der Waals surface area contributed by atoms with Crippen molar-refractivity contribution in [3.8, 4) is 0 Å². The van der Waals surface area contributed by atoms with Crippen LogP contribution in [0.25, 0.3) is 11.6 Å². The van der Waals surface area contributed by atoms with Gasteiger partial charge in [-0.15, -0.1) is 0 Å². The van der Waals surface area contributed by atoms with Gasteiger partial charge < -0.3 is 4.90 Å². The second kappa shape index (κ2) is 11.4. The van der Waals surface area contributed by atoms with Gasteiger partial charge in [-0.25, -0.2) is 0 Å². The zero-order valence-electron chi connectivity index (χ0n) is 30.4. The minimum absolute atomic E-state index is 0.202. The summed E-state index contributed by atoms with van der Waals surface area (Å²) in [5, 5.41) is 0. The van der Waals surface area contributed by atoms with Crippen molar-refractivity contribution in [1.82, 2.24) is 0 Å². The fourth-order valence-electron chi connectivity index (χ4n) is 10.6. The number of hydrogen-bond donors (Lipinski definition) is 0. The average molecular weight is 650 g/mol. The first kappa shape index (κ1) is 30.5. The molecule has 2 heteroatoms. The lowest BCUT2D eigenvalue weighted by molar-refractivity contribution is 0.392. The molecule has 3 aliphatic carbocycles. The molecule has 5 aromatic rings. The van der Waals surface area contributed by atoms with Gasteiger partial charge in [-0.1, -0.05) is 86.0 Å². The predicted molar refractivity (Wildman–Crippen MR) is 214 cm³/mol. The number of fused-ring (bicyclic) bond motifs is 7. The molecule has 2 aliphatic heterocycles. The normalized spacial score (nSPS) is 17.9. The molecule has 0 fully saturated rings. The van der Waals surface area contributed by atoms with Crippen molar-refractivity contribution in [2.75, 3.05) is 4.90 Å². The highest BCUT2D eigenvalue weighted by Gasteiger charge is 2.42. The van der Waals surface area contributed by atoms with Gasteiger partial charge in [0, 0.05) is 17.1 Å². The van der Waals surface area contributed by atoms with Crippen molar-refractivity contribution in [2.24, 2.45) is 5.41 Å². The second-order valence-electron chi connectivity index (χ2n) is 17.1. The van der Waals surface area contributed by atoms with Gasteiger partial charge in [-0.05, 0) is 186 Å². The van der Waals surface area contributed by atoms with Gasteiger partial charge in [0.05, 0.1) is 0 Å². The molecule has 0 aromatic heterocycles. The highest BCUT2D eigenvalue weighted by Crippen LogP contribution is 2.45. The SMILES string of the molecule is Cc1cc2c3c(c1)N(c1cccc4c1CCCC4)c1cc4c(cc1B3c1cc3c(cc1C(Cc1ccccc1C)=C2)CC(C)(C)C3)CCCC4. The Kier molecular flexibility index (Phi) is 6.93. The molecule has 0 saturated carbocycles. The average Bonchev–Trinajstić information content (AvgIpc) is 3.35. The van der Waals surface area contributed by atoms with Crippen molar-refractivity contribution >= 4 is 51.8 Å². The van der Waals surface area contributed by atoms with Crippen LogP contribution in [0.2, 0.25) is 0 Å². The molecule has 0 bridgehead atoms. The third-order valence-corrected chi connectivity index (χ3v) is 12.9. The minimum Gasteiger partial charge on any atom is -0.311 e. The van der Waals surface area contributed by atoms with Crippen LogP contribution in [-0.2, 0) is 44.9 Å². The number of rotatable bonds is 3. The van der Waals surface area contributed by atoms with Crippen LogP contribution < -0.4 is 21.3 Å². The van der Waals surface area contributed by atoms with Gasteiger partial charge in [0.1, 0.15) is 0 Å². The van der Waals surface area contributed by atoms with Crippen LogP contribution in [0.15, 0.2) is 78.9 Å². The number of benzene rings is 5. The van der Waals surface area contributed by atoms with Crippen LogP contribution in [0.3, 0.4) is 0 Å². The molecule has 1 nitrogen and oxygen atoms in total. The van der Waals surface area contributed by atoms with Crippen molar-refractivity contribution < 1.29 is 0 Å². The smallest absolute Gasteiger partial charge is 0.248 e. The summed E-state index contributed by atoms with van der Waals surface area (Å²) in [6.45, 7) is 9.71. The lowest BCUT2D eigenvalue weighted by atomic mass is 9.33. The van der Waals surface area contributed by atoms with Crippen LogP contribution in [0, 0.1) is 19.3 Å². The molecule has 50 heavy (non-hydrogen) atoms. The second-order valence-corrected chi connectivity index (χ2v) is 17.1. The summed E-state index contributed by atoms with van der Waals surface area (Å²) < 4.78 is 0. The lowest BCUT2D eigenvalue weighted by Crippen LogP contribution is -2.59. The first-order valence-corrected chi connectivity index (χ1v) is 19.4. The van der Waals surface area contributed by atoms with Crippen molar-refractivity contribution in [3.05, 3.63) is 140 Å². The maximum absolute atomic E-state index is 2.73. The van der Waals surface area contributed by atoms with E-state index < -0.39 is 0 Å². The first-order valence-electron chi connectivity index (χ1n) is 19.4. The summed E-state index contributed by atoms with van der Waals surface area (Å²) in [7, 11) is 0. The largest absolute Gasteiger partial charge is 0.311 e. The Morgan fingerprint density at radius 1 is 0.640 bits per heavy atom. The molecule has 10 rings (SSSR count). The molecule has 0 radical (unpaired) electrons. The standard InChI is InChI=1S/C48H48BN/c1-30-20-37-23-36(22-33-14-6-5-12-31(33)2)41-24-38-28-48(3,4)29-39(38)26-42(41)49-43-25-34-15-7-8-16-35(34)27-45(43)50(46(21-30)47(37)49)44-19-11-17-32-13-9-10-18-40(32)44/h5-6,11-12,14,17,19-21,23-27H,7-10,13,15-16,18,22,28-29H2,1-4H3. The summed E-state index contributed by atoms with van der Waals surface area (Å²) in [6, 6.07) is 31.8. The Bertz CT molecular complexity index is 2270. The summed E-state index contributed by atoms with van der Waals surface area (Å²) >= 11 is 0. The topological polar surface area (TPSA) is 3.24 Å². The molecule has 0 atom stereocenters. The van der Waals surface area contributed by atoms with Gasteiger partial charge in [-0.3, -0.25) is 0 Å². The third-order valence-electron chi connectivity index (χ3n) is 12.9. The molecule has 0 unspecified atom stereocenters. The van der Waals surface area contributed by atoms with Crippen LogP contribution in [-0.4, -0.2) is 6.71 Å². The number of nitrogens with zero attached hydrogens (tertiary/aromatic N) is 1. The predicted octanol–water partition coefficient (Wildman–Crippen LogP) is 9.58. The summed E-state index contributed by atoms with van der Waals surface area (Å²) in [5.41, 5.74) is 27.0. The maximum Gasteiger partial charge on any atom is 0.248 e. The Hall–Kier alpha value is -4.30. The van der Waals surface area contributed by atoms with Gasteiger partial charge >= 0.3 is 0 Å². The van der Waals surface area contributed by atoms with E-state index in [0.29, 0.717) is 5.41 Å². The van der Waals surface area contributed by atoms with Gasteiger partial charge in [0.2, 0.25) is 6.71 Å². The van der Waals surface area contributed by atoms with Gasteiger partial charge in [0.25, 0.3) is 0 Å². The molecular formula is C48H48BN. The molecule has 2 heterocycles. The Balaban J connectivity index is 1.29. The maximum atomic E-state index is 2.73. The Labute approximate surface area is 299 Å². The summed E-state index contributed by atoms with van der Waals surface area (Å²) in [4.78, 5) is 2.73. The molecule has 0 N–H and O–H groups in total. The fourth-order valence-corrected chi connectivity index (χ4v) is 10.6. The third kappa shape index (κ3) is 4.81. The summed E-state index contributed by atoms with van der Waals surface area (Å²) in [6.07, 6.45) is 15.8. The lowest BCUT2D eigenvalue weighted by Gasteiger charge is -2.40. The highest BCUT2D eigenvalue weighted by molar-refractivity contribution is 6.99. The number of anilines is 3. The van der Waals surface area contributed by atoms with E-state index in [1.54, 1.807) is 33.4 Å². The van der Waals surface area contributed by atoms with E-state index in [1.165, 1.54) is 118 Å². The molecule has 0 saturated heterocycles. The van der Waals surface area contributed by atoms with Crippen LogP contribution in [0.5, 0.6) is 0 Å². The van der Waals surface area contributed by atoms with E-state index in [1.807, 2.05) is 0 Å². The molecular weight excluding hydrogens is 601 g/mol. The highest BCUT2D eigenvalue weighted by atomic mass is 15.2. The van der Waals surface area contributed by atoms with E-state index >= 15 is 0 Å². The molecule has 248 valence electrons. The van der Waals surface area contributed by atoms with Crippen molar-refractivity contribution in [3.63, 3.8) is 0 Å². The van der Waals surface area contributed by atoms with E-state index in [2.05, 4.69) is 118 Å². The molecule has 5 aromatic carbocycles. The van der Waals surface area contributed by atoms with Crippen LogP contribution in [0.1, 0.15) is 101 Å². The van der Waals surface area contributed by atoms with Crippen molar-refractivity contribution in [2.45, 2.75) is 98.3 Å². The van der Waals surface area contributed by atoms with Gasteiger partial charge in [0.15, 0.2) is 0 Å². The zero-order valence-corrected chi connectivity index (χ0v) is 30.4. The summed E-state index contributed by atoms with van der Waals surface area (Å²) in [5.74, 6) is 0. The van der Waals surface area contributed by atoms with E-state index in [-0.39, 0.29) is 6.71 Å². The Morgan fingerprint density at radius 2 is 1.36 bits per heavy atom. The minimum atomic E-state index is 0.202. The molecule has 0 amide bonds. The van der Waals surface area contributed by atoms with E-state index in [4.69, 9.17) is 0 Å². The quantitative estimate of drug-likeness (QED) is 0.173. The van der Waals surface area contributed by atoms with Crippen molar-refractivity contribution in [1.29, 1.82) is 0 Å². The van der Waals surface area contributed by atoms with E-state index in [0.717, 1.165) is 19.3 Å². The monoisotopic (exact) mass is 649 g/mol. The fraction of sp³-hybridized carbons (Fsp3) is 0.333. The number of hydrogen-bond acceptors (Lipinski definition) is 1. The Morgan fingerprint density at radius 3 is 2.18 bits per heavy atom.